The lowest BCUT2D eigenvalue weighted by molar-refractivity contribution is -0.129. The Hall–Kier alpha value is -2.44. The number of methoxy groups -OCH3 is 1. The molecule has 1 aromatic heterocycles. The summed E-state index contributed by atoms with van der Waals surface area (Å²) in [7, 11) is 1.52. The van der Waals surface area contributed by atoms with Crippen molar-refractivity contribution < 1.29 is 13.9 Å². The Morgan fingerprint density at radius 3 is 2.96 bits per heavy atom. The second-order valence-electron chi connectivity index (χ2n) is 6.81. The molecule has 0 radical (unpaired) electrons. The van der Waals surface area contributed by atoms with Gasteiger partial charge >= 0.3 is 0 Å². The number of nitrogens with zero attached hydrogens (tertiary/aromatic N) is 4. The first-order valence-corrected chi connectivity index (χ1v) is 8.66. The SMILES string of the molecule is COc1ccc(F)cc1CC(=O)N1CCC(n2cc(C3CC3)nn2)C1. The van der Waals surface area contributed by atoms with Gasteiger partial charge in [0.25, 0.3) is 0 Å². The molecule has 132 valence electrons. The van der Waals surface area contributed by atoms with Crippen molar-refractivity contribution in [2.24, 2.45) is 0 Å². The van der Waals surface area contributed by atoms with Gasteiger partial charge in [0.15, 0.2) is 0 Å². The van der Waals surface area contributed by atoms with E-state index in [0.29, 0.717) is 30.3 Å². The first-order valence-electron chi connectivity index (χ1n) is 8.66. The number of carbonyl (C=O) groups excluding carboxylic acids is 1. The first-order chi connectivity index (χ1) is 12.1. The van der Waals surface area contributed by atoms with Gasteiger partial charge in [0.05, 0.1) is 25.3 Å². The van der Waals surface area contributed by atoms with Gasteiger partial charge in [0.2, 0.25) is 5.91 Å². The van der Waals surface area contributed by atoms with E-state index in [1.54, 1.807) is 6.07 Å². The molecule has 1 unspecified atom stereocenters. The summed E-state index contributed by atoms with van der Waals surface area (Å²) >= 11 is 0. The number of aromatic nitrogens is 3. The zero-order valence-corrected chi connectivity index (χ0v) is 14.2. The number of rotatable bonds is 5. The minimum Gasteiger partial charge on any atom is -0.496 e. The molecule has 0 spiro atoms. The van der Waals surface area contributed by atoms with Crippen LogP contribution in [0.15, 0.2) is 24.4 Å². The molecule has 4 rings (SSSR count). The van der Waals surface area contributed by atoms with Crippen LogP contribution in [-0.2, 0) is 11.2 Å². The van der Waals surface area contributed by atoms with Crippen molar-refractivity contribution >= 4 is 5.91 Å². The highest BCUT2D eigenvalue weighted by Gasteiger charge is 2.31. The summed E-state index contributed by atoms with van der Waals surface area (Å²) in [5.41, 5.74) is 1.64. The van der Waals surface area contributed by atoms with Crippen LogP contribution in [0.2, 0.25) is 0 Å². The third-order valence-corrected chi connectivity index (χ3v) is 5.00. The van der Waals surface area contributed by atoms with E-state index >= 15 is 0 Å². The molecule has 25 heavy (non-hydrogen) atoms. The van der Waals surface area contributed by atoms with Gasteiger partial charge in [-0.15, -0.1) is 5.10 Å². The van der Waals surface area contributed by atoms with Crippen LogP contribution in [0.3, 0.4) is 0 Å². The van der Waals surface area contributed by atoms with Crippen LogP contribution in [0.5, 0.6) is 5.75 Å². The zero-order valence-electron chi connectivity index (χ0n) is 14.2. The summed E-state index contributed by atoms with van der Waals surface area (Å²) in [5.74, 6) is 0.733. The summed E-state index contributed by atoms with van der Waals surface area (Å²) in [6.07, 6.45) is 5.41. The van der Waals surface area contributed by atoms with Crippen molar-refractivity contribution in [2.75, 3.05) is 20.2 Å². The van der Waals surface area contributed by atoms with E-state index in [2.05, 4.69) is 10.3 Å². The molecule has 2 heterocycles. The van der Waals surface area contributed by atoms with E-state index in [1.807, 2.05) is 15.8 Å². The molecule has 0 bridgehead atoms. The lowest BCUT2D eigenvalue weighted by Gasteiger charge is -2.17. The lowest BCUT2D eigenvalue weighted by atomic mass is 10.1. The fourth-order valence-electron chi connectivity index (χ4n) is 3.38. The number of benzene rings is 1. The van der Waals surface area contributed by atoms with Crippen LogP contribution in [0, 0.1) is 5.82 Å². The largest absolute Gasteiger partial charge is 0.496 e. The maximum atomic E-state index is 13.5. The number of carbonyl (C=O) groups is 1. The third-order valence-electron chi connectivity index (χ3n) is 5.00. The molecule has 2 aliphatic rings. The van der Waals surface area contributed by atoms with Gasteiger partial charge in [-0.05, 0) is 37.5 Å². The van der Waals surface area contributed by atoms with Gasteiger partial charge in [-0.25, -0.2) is 9.07 Å². The molecule has 1 atom stereocenters. The van der Waals surface area contributed by atoms with Gasteiger partial charge in [-0.3, -0.25) is 4.79 Å². The normalized spacial score (nSPS) is 20.1. The summed E-state index contributed by atoms with van der Waals surface area (Å²) in [6, 6.07) is 4.42. The number of halogens is 1. The van der Waals surface area contributed by atoms with Crippen molar-refractivity contribution in [3.8, 4) is 5.75 Å². The number of hydrogen-bond donors (Lipinski definition) is 0. The highest BCUT2D eigenvalue weighted by atomic mass is 19.1. The summed E-state index contributed by atoms with van der Waals surface area (Å²) < 4.78 is 20.6. The van der Waals surface area contributed by atoms with Crippen LogP contribution in [0.1, 0.15) is 42.5 Å². The Morgan fingerprint density at radius 1 is 1.36 bits per heavy atom. The van der Waals surface area contributed by atoms with Crippen molar-refractivity contribution in [3.63, 3.8) is 0 Å². The average Bonchev–Trinajstić information content (AvgIpc) is 3.13. The predicted octanol–water partition coefficient (Wildman–Crippen LogP) is 2.32. The molecule has 1 aliphatic heterocycles. The maximum absolute atomic E-state index is 13.5. The Kier molecular flexibility index (Phi) is 4.15. The molecule has 2 aromatic rings. The zero-order chi connectivity index (χ0) is 17.4. The number of hydrogen-bond acceptors (Lipinski definition) is 4. The molecule has 2 fully saturated rings. The number of ether oxygens (including phenoxy) is 1. The summed E-state index contributed by atoms with van der Waals surface area (Å²) in [5, 5.41) is 8.48. The fourth-order valence-corrected chi connectivity index (χ4v) is 3.38. The third kappa shape index (κ3) is 3.36. The van der Waals surface area contributed by atoms with Gasteiger partial charge in [-0.2, -0.15) is 0 Å². The summed E-state index contributed by atoms with van der Waals surface area (Å²) in [4.78, 5) is 14.4. The molecule has 7 heteroatoms. The van der Waals surface area contributed by atoms with Crippen molar-refractivity contribution in [1.82, 2.24) is 19.9 Å². The molecular formula is C18H21FN4O2. The average molecular weight is 344 g/mol. The van der Waals surface area contributed by atoms with E-state index in [1.165, 1.54) is 32.1 Å². The molecule has 1 saturated heterocycles. The van der Waals surface area contributed by atoms with Crippen LogP contribution < -0.4 is 4.74 Å². The fraction of sp³-hybridized carbons (Fsp3) is 0.500. The first kappa shape index (κ1) is 16.1. The highest BCUT2D eigenvalue weighted by Crippen LogP contribution is 2.39. The molecule has 0 N–H and O–H groups in total. The quantitative estimate of drug-likeness (QED) is 0.835. The van der Waals surface area contributed by atoms with E-state index in [4.69, 9.17) is 4.74 Å². The van der Waals surface area contributed by atoms with E-state index in [0.717, 1.165) is 12.1 Å². The van der Waals surface area contributed by atoms with E-state index in [9.17, 15) is 9.18 Å². The van der Waals surface area contributed by atoms with Crippen LogP contribution in [0.25, 0.3) is 0 Å². The second-order valence-corrected chi connectivity index (χ2v) is 6.81. The molecule has 1 aliphatic carbocycles. The molecule has 1 aromatic carbocycles. The summed E-state index contributed by atoms with van der Waals surface area (Å²) in [6.45, 7) is 1.30. The van der Waals surface area contributed by atoms with Gasteiger partial charge < -0.3 is 9.64 Å². The van der Waals surface area contributed by atoms with Crippen molar-refractivity contribution in [1.29, 1.82) is 0 Å². The Morgan fingerprint density at radius 2 is 2.20 bits per heavy atom. The molecule has 6 nitrogen and oxygen atoms in total. The van der Waals surface area contributed by atoms with Crippen molar-refractivity contribution in [2.45, 2.75) is 37.6 Å². The van der Waals surface area contributed by atoms with Gasteiger partial charge in [-0.1, -0.05) is 5.21 Å². The monoisotopic (exact) mass is 344 g/mol. The molecule has 1 saturated carbocycles. The Balaban J connectivity index is 1.40. The highest BCUT2D eigenvalue weighted by molar-refractivity contribution is 5.79. The number of likely N-dealkylation sites (tertiary alicyclic amines) is 1. The topological polar surface area (TPSA) is 60.2 Å². The van der Waals surface area contributed by atoms with Crippen molar-refractivity contribution in [3.05, 3.63) is 41.5 Å². The second kappa shape index (κ2) is 6.46. The molecular weight excluding hydrogens is 323 g/mol. The predicted molar refractivity (Wildman–Crippen MR) is 88.9 cm³/mol. The Labute approximate surface area is 145 Å². The Bertz CT molecular complexity index is 787. The van der Waals surface area contributed by atoms with Gasteiger partial charge in [0.1, 0.15) is 11.6 Å². The van der Waals surface area contributed by atoms with E-state index in [-0.39, 0.29) is 24.2 Å². The number of amides is 1. The van der Waals surface area contributed by atoms with Crippen LogP contribution in [-0.4, -0.2) is 46.0 Å². The van der Waals surface area contributed by atoms with E-state index < -0.39 is 0 Å². The minimum atomic E-state index is -0.363. The van der Waals surface area contributed by atoms with Crippen LogP contribution in [0.4, 0.5) is 4.39 Å². The standard InChI is InChI=1S/C18H21FN4O2/c1-25-17-5-4-14(19)8-13(17)9-18(24)22-7-6-15(10-22)23-11-16(20-21-23)12-2-3-12/h4-5,8,11-12,15H,2-3,6-7,9-10H2,1H3. The van der Waals surface area contributed by atoms with Gasteiger partial charge in [0, 0.05) is 30.8 Å². The molecule has 1 amide bonds. The smallest absolute Gasteiger partial charge is 0.227 e. The minimum absolute atomic E-state index is 0.0195. The lowest BCUT2D eigenvalue weighted by Crippen LogP contribution is -2.30. The maximum Gasteiger partial charge on any atom is 0.227 e. The van der Waals surface area contributed by atoms with Crippen LogP contribution >= 0.6 is 0 Å².